The maximum Gasteiger partial charge on any atom is 0.407 e. The van der Waals surface area contributed by atoms with Crippen molar-refractivity contribution in [2.75, 3.05) is 125 Å². The number of amides is 4. The summed E-state index contributed by atoms with van der Waals surface area (Å²) in [6.45, 7) is 17.2. The van der Waals surface area contributed by atoms with Gasteiger partial charge in [0.05, 0.1) is 106 Å². The average molecular weight is 841 g/mol. The van der Waals surface area contributed by atoms with Gasteiger partial charge >= 0.3 is 18.2 Å². The smallest absolute Gasteiger partial charge is 0.407 e. The van der Waals surface area contributed by atoms with Crippen LogP contribution < -0.4 is 21.3 Å². The zero-order valence-electron chi connectivity index (χ0n) is 35.6. The Balaban J connectivity index is 3.59. The second-order valence-electron chi connectivity index (χ2n) is 14.6. The lowest BCUT2D eigenvalue weighted by molar-refractivity contribution is -0.142. The topological polar surface area (TPSA) is 246 Å². The number of carboxylic acids is 1. The van der Waals surface area contributed by atoms with Crippen LogP contribution in [0, 0.1) is 0 Å². The number of carboxylic acid groups (broad SMARTS) is 1. The first-order chi connectivity index (χ1) is 27.6. The van der Waals surface area contributed by atoms with E-state index in [0.29, 0.717) is 118 Å². The van der Waals surface area contributed by atoms with Gasteiger partial charge in [-0.2, -0.15) is 0 Å². The van der Waals surface area contributed by atoms with E-state index in [1.54, 1.807) is 41.5 Å². The largest absolute Gasteiger partial charge is 0.480 e. The Morgan fingerprint density at radius 1 is 0.448 bits per heavy atom. The maximum atomic E-state index is 12.2. The molecule has 0 saturated carbocycles. The fraction of sp³-hybridized carbons (Fsp3) is 0.868. The molecule has 0 radical (unpaired) electrons. The number of nitrogens with one attached hydrogen (secondary N) is 4. The number of aliphatic carboxylic acids is 1. The standard InChI is InChI=1S/C38H72N4O16/c1-37(2,3)57-35(47)40-13-17-51-21-25-55-29-27-53-23-19-49-15-10-32(43)39-12-8-7-9-31(34(45)46)42-33(44)11-16-50-20-24-54-28-30-56-26-22-52-18-14-41-36(48)58-38(4,5)6/h31H,7-30H2,1-6H3,(H,39,43)(H,40,47)(H,41,48)(H,42,44)(H,45,46)/t31-/m1/s1. The van der Waals surface area contributed by atoms with Gasteiger partial charge < -0.3 is 73.7 Å². The number of ether oxygens (including phenoxy) is 10. The molecular formula is C38H72N4O16. The van der Waals surface area contributed by atoms with Gasteiger partial charge in [0.25, 0.3) is 0 Å². The summed E-state index contributed by atoms with van der Waals surface area (Å²) >= 11 is 0. The molecule has 0 aromatic heterocycles. The summed E-state index contributed by atoms with van der Waals surface area (Å²) in [5, 5.41) is 20.0. The molecule has 0 bridgehead atoms. The first-order valence-electron chi connectivity index (χ1n) is 19.9. The normalized spacial score (nSPS) is 12.1. The highest BCUT2D eigenvalue weighted by molar-refractivity contribution is 5.83. The molecule has 0 rings (SSSR count). The van der Waals surface area contributed by atoms with Crippen LogP contribution in [0.15, 0.2) is 0 Å². The first kappa shape index (κ1) is 54.6. The zero-order valence-corrected chi connectivity index (χ0v) is 35.6. The second-order valence-corrected chi connectivity index (χ2v) is 14.6. The Labute approximate surface area is 343 Å². The van der Waals surface area contributed by atoms with Crippen molar-refractivity contribution in [2.45, 2.75) is 90.9 Å². The van der Waals surface area contributed by atoms with Crippen molar-refractivity contribution in [2.24, 2.45) is 0 Å². The molecule has 0 unspecified atom stereocenters. The quantitative estimate of drug-likeness (QED) is 0.0560. The molecule has 0 aliphatic carbocycles. The third kappa shape index (κ3) is 40.8. The van der Waals surface area contributed by atoms with Crippen molar-refractivity contribution in [1.29, 1.82) is 0 Å². The SMILES string of the molecule is CC(C)(C)OC(=O)NCCOCCOCCOCCOCCC(=O)NCCCC[C@@H](NC(=O)CCOCCOCCOCCOCCNC(=O)OC(C)(C)C)C(=O)O. The van der Waals surface area contributed by atoms with E-state index >= 15 is 0 Å². The van der Waals surface area contributed by atoms with E-state index < -0.39 is 41.3 Å². The average Bonchev–Trinajstić information content (AvgIpc) is 3.12. The summed E-state index contributed by atoms with van der Waals surface area (Å²) in [6.07, 6.45) is 0.488. The molecule has 58 heavy (non-hydrogen) atoms. The van der Waals surface area contributed by atoms with Crippen molar-refractivity contribution >= 4 is 30.0 Å². The molecule has 20 heteroatoms. The van der Waals surface area contributed by atoms with E-state index in [2.05, 4.69) is 21.3 Å². The van der Waals surface area contributed by atoms with E-state index in [0.717, 1.165) is 0 Å². The van der Waals surface area contributed by atoms with Crippen molar-refractivity contribution in [3.05, 3.63) is 0 Å². The minimum Gasteiger partial charge on any atom is -0.480 e. The molecule has 0 spiro atoms. The fourth-order valence-corrected chi connectivity index (χ4v) is 4.25. The predicted octanol–water partition coefficient (Wildman–Crippen LogP) is 1.80. The van der Waals surface area contributed by atoms with Crippen LogP contribution in [0.5, 0.6) is 0 Å². The van der Waals surface area contributed by atoms with Gasteiger partial charge in [0.2, 0.25) is 11.8 Å². The van der Waals surface area contributed by atoms with Crippen LogP contribution in [0.3, 0.4) is 0 Å². The minimum atomic E-state index is -1.13. The van der Waals surface area contributed by atoms with Crippen molar-refractivity contribution in [1.82, 2.24) is 21.3 Å². The van der Waals surface area contributed by atoms with Crippen molar-refractivity contribution < 1.29 is 76.4 Å². The molecule has 20 nitrogen and oxygen atoms in total. The molecule has 0 aromatic carbocycles. The first-order valence-corrected chi connectivity index (χ1v) is 19.9. The van der Waals surface area contributed by atoms with E-state index in [4.69, 9.17) is 47.4 Å². The highest BCUT2D eigenvalue weighted by atomic mass is 16.6. The van der Waals surface area contributed by atoms with Crippen LogP contribution in [-0.4, -0.2) is 178 Å². The molecule has 0 aliphatic heterocycles. The van der Waals surface area contributed by atoms with Gasteiger partial charge in [0.15, 0.2) is 0 Å². The Morgan fingerprint density at radius 2 is 0.793 bits per heavy atom. The molecule has 340 valence electrons. The maximum absolute atomic E-state index is 12.2. The van der Waals surface area contributed by atoms with Gasteiger partial charge in [0.1, 0.15) is 17.2 Å². The van der Waals surface area contributed by atoms with Gasteiger partial charge in [-0.15, -0.1) is 0 Å². The van der Waals surface area contributed by atoms with Crippen LogP contribution in [0.25, 0.3) is 0 Å². The molecule has 0 aliphatic rings. The second kappa shape index (κ2) is 35.6. The number of unbranched alkanes of at least 4 members (excludes halogenated alkanes) is 1. The highest BCUT2D eigenvalue weighted by Crippen LogP contribution is 2.07. The van der Waals surface area contributed by atoms with E-state index in [9.17, 15) is 29.1 Å². The molecule has 0 fully saturated rings. The van der Waals surface area contributed by atoms with Gasteiger partial charge in [-0.25, -0.2) is 14.4 Å². The van der Waals surface area contributed by atoms with Crippen molar-refractivity contribution in [3.63, 3.8) is 0 Å². The highest BCUT2D eigenvalue weighted by Gasteiger charge is 2.19. The monoisotopic (exact) mass is 840 g/mol. The summed E-state index contributed by atoms with van der Waals surface area (Å²) < 4.78 is 53.5. The lowest BCUT2D eigenvalue weighted by Crippen LogP contribution is -2.41. The third-order valence-electron chi connectivity index (χ3n) is 6.88. The number of alkyl carbamates (subject to hydrolysis) is 2. The summed E-state index contributed by atoms with van der Waals surface area (Å²) in [5.74, 6) is -1.73. The Hall–Kier alpha value is -3.37. The number of rotatable bonds is 37. The number of carbonyl (C=O) groups excluding carboxylic acids is 4. The van der Waals surface area contributed by atoms with Gasteiger partial charge in [-0.1, -0.05) is 0 Å². The van der Waals surface area contributed by atoms with Crippen LogP contribution in [0.1, 0.15) is 73.6 Å². The predicted molar refractivity (Wildman–Crippen MR) is 211 cm³/mol. The summed E-state index contributed by atoms with van der Waals surface area (Å²) in [4.78, 5) is 58.9. The number of hydrogen-bond donors (Lipinski definition) is 5. The summed E-state index contributed by atoms with van der Waals surface area (Å²) in [5.41, 5.74) is -1.09. The van der Waals surface area contributed by atoms with E-state index in [1.807, 2.05) is 0 Å². The molecule has 0 saturated heterocycles. The van der Waals surface area contributed by atoms with Gasteiger partial charge in [0, 0.05) is 32.5 Å². The van der Waals surface area contributed by atoms with E-state index in [1.165, 1.54) is 0 Å². The Morgan fingerprint density at radius 3 is 1.16 bits per heavy atom. The molecule has 0 heterocycles. The Kier molecular flexibility index (Phi) is 33.5. The molecule has 5 N–H and O–H groups in total. The fourth-order valence-electron chi connectivity index (χ4n) is 4.25. The van der Waals surface area contributed by atoms with Crippen molar-refractivity contribution in [3.8, 4) is 0 Å². The minimum absolute atomic E-state index is 0.00891. The summed E-state index contributed by atoms with van der Waals surface area (Å²) in [7, 11) is 0. The number of hydrogen-bond acceptors (Lipinski definition) is 15. The van der Waals surface area contributed by atoms with Gasteiger partial charge in [-0.05, 0) is 60.8 Å². The van der Waals surface area contributed by atoms with Crippen LogP contribution in [0.4, 0.5) is 9.59 Å². The Bertz CT molecular complexity index is 1090. The lowest BCUT2D eigenvalue weighted by atomic mass is 10.1. The molecular weight excluding hydrogens is 768 g/mol. The molecule has 0 aromatic rings. The zero-order chi connectivity index (χ0) is 43.3. The van der Waals surface area contributed by atoms with E-state index in [-0.39, 0.29) is 45.0 Å². The molecule has 4 amide bonds. The number of carbonyl (C=O) groups is 5. The lowest BCUT2D eigenvalue weighted by Gasteiger charge is -2.19. The molecule has 1 atom stereocenters. The van der Waals surface area contributed by atoms with Gasteiger partial charge in [-0.3, -0.25) is 9.59 Å². The van der Waals surface area contributed by atoms with Crippen LogP contribution in [-0.2, 0) is 61.8 Å². The third-order valence-corrected chi connectivity index (χ3v) is 6.88. The van der Waals surface area contributed by atoms with Crippen LogP contribution >= 0.6 is 0 Å². The van der Waals surface area contributed by atoms with Crippen LogP contribution in [0.2, 0.25) is 0 Å². The summed E-state index contributed by atoms with van der Waals surface area (Å²) in [6, 6.07) is -1.03.